The van der Waals surface area contributed by atoms with Gasteiger partial charge in [0.15, 0.2) is 0 Å². The molecule has 0 aromatic heterocycles. The molecule has 0 aromatic carbocycles. The quantitative estimate of drug-likeness (QED) is 0.414. The first-order valence-electron chi connectivity index (χ1n) is 0. The minimum absolute atomic E-state index is 0. The van der Waals surface area contributed by atoms with E-state index in [-0.39, 0.29) is 96.8 Å². The molecule has 0 heterocycles. The van der Waals surface area contributed by atoms with Crippen molar-refractivity contribution in [3.63, 3.8) is 0 Å². The number of rotatable bonds is 0. The maximum absolute atomic E-state index is 0. The van der Waals surface area contributed by atoms with Gasteiger partial charge in [-0.15, -0.1) is 0 Å². The van der Waals surface area contributed by atoms with Gasteiger partial charge in [-0.05, 0) is 0 Å². The SMILES string of the molecule is [Cl-].[Cl-].[Cl-].[Cl-].[Cl-].[Cr+2].[Cr+3]. The standard InChI is InChI=1S/5ClH.2Cr/h5*1H;;/q;;;;;+2;+3/p-5. The molecule has 0 aliphatic heterocycles. The summed E-state index contributed by atoms with van der Waals surface area (Å²) in [5.74, 6) is 0. The molecular formula is Cl5Cr2. The molecule has 0 nitrogen and oxygen atoms in total. The van der Waals surface area contributed by atoms with Crippen molar-refractivity contribution in [2.24, 2.45) is 0 Å². The molecule has 1 radical (unpaired) electrons. The van der Waals surface area contributed by atoms with Gasteiger partial charge >= 0.3 is 34.7 Å². The average Bonchev–Trinajstić information content (AvgIpc) is 0. The molecule has 0 saturated carbocycles. The van der Waals surface area contributed by atoms with Crippen LogP contribution >= 0.6 is 0 Å². The van der Waals surface area contributed by atoms with Crippen LogP contribution in [-0.2, 0) is 34.7 Å². The van der Waals surface area contributed by atoms with Gasteiger partial charge in [0.05, 0.1) is 0 Å². The van der Waals surface area contributed by atoms with Crippen LogP contribution in [0.3, 0.4) is 0 Å². The topological polar surface area (TPSA) is 0 Å². The molecule has 0 aliphatic rings. The first-order chi connectivity index (χ1) is 0. The van der Waals surface area contributed by atoms with E-state index in [9.17, 15) is 0 Å². The third-order valence-corrected chi connectivity index (χ3v) is 0. The van der Waals surface area contributed by atoms with Crippen LogP contribution in [-0.4, -0.2) is 0 Å². The zero-order valence-corrected chi connectivity index (χ0v) is 9.04. The Balaban J connectivity index is 0. The van der Waals surface area contributed by atoms with Crippen LogP contribution in [0.2, 0.25) is 0 Å². The Hall–Kier alpha value is 2.51. The van der Waals surface area contributed by atoms with Gasteiger partial charge in [-0.2, -0.15) is 0 Å². The van der Waals surface area contributed by atoms with Crippen LogP contribution in [0.4, 0.5) is 0 Å². The molecule has 0 rings (SSSR count). The summed E-state index contributed by atoms with van der Waals surface area (Å²) in [5, 5.41) is 0. The van der Waals surface area contributed by atoms with Crippen molar-refractivity contribution in [1.29, 1.82) is 0 Å². The maximum Gasteiger partial charge on any atom is 3.00 e. The Morgan fingerprint density at radius 1 is 0.429 bits per heavy atom. The zero-order chi connectivity index (χ0) is 0. The Labute approximate surface area is 95.9 Å². The normalized spacial score (nSPS) is 0. The van der Waals surface area contributed by atoms with E-state index in [2.05, 4.69) is 0 Å². The van der Waals surface area contributed by atoms with Crippen LogP contribution in [0, 0.1) is 0 Å². The van der Waals surface area contributed by atoms with Gasteiger partial charge in [0, 0.05) is 0 Å². The summed E-state index contributed by atoms with van der Waals surface area (Å²) in [7, 11) is 0. The van der Waals surface area contributed by atoms with E-state index in [0.717, 1.165) is 0 Å². The Morgan fingerprint density at radius 2 is 0.429 bits per heavy atom. The molecule has 0 aromatic rings. The fourth-order valence-corrected chi connectivity index (χ4v) is 0. The summed E-state index contributed by atoms with van der Waals surface area (Å²) in [6, 6.07) is 0. The van der Waals surface area contributed by atoms with Crippen molar-refractivity contribution < 1.29 is 96.8 Å². The van der Waals surface area contributed by atoms with Crippen LogP contribution in [0.5, 0.6) is 0 Å². The fraction of sp³-hybridized carbons (Fsp3) is 0. The Bertz CT molecular complexity index is 6.04. The molecule has 0 bridgehead atoms. The van der Waals surface area contributed by atoms with E-state index in [1.807, 2.05) is 0 Å². The van der Waals surface area contributed by atoms with Crippen LogP contribution in [0.25, 0.3) is 0 Å². The number of hydrogen-bond donors (Lipinski definition) is 0. The van der Waals surface area contributed by atoms with Crippen molar-refractivity contribution in [3.05, 3.63) is 0 Å². The molecular weight excluding hydrogens is 281 g/mol. The predicted octanol–water partition coefficient (Wildman–Crippen LogP) is -15.0. The molecule has 47 valence electrons. The number of halogens is 5. The molecule has 0 unspecified atom stereocenters. The van der Waals surface area contributed by atoms with Gasteiger partial charge in [0.25, 0.3) is 0 Å². The van der Waals surface area contributed by atoms with Crippen molar-refractivity contribution in [2.75, 3.05) is 0 Å². The summed E-state index contributed by atoms with van der Waals surface area (Å²) in [4.78, 5) is 0. The smallest absolute Gasteiger partial charge is 1.00 e. The fourth-order valence-electron chi connectivity index (χ4n) is 0. The zero-order valence-electron chi connectivity index (χ0n) is 2.71. The average molecular weight is 281 g/mol. The van der Waals surface area contributed by atoms with E-state index in [1.165, 1.54) is 0 Å². The van der Waals surface area contributed by atoms with Gasteiger partial charge in [0.2, 0.25) is 0 Å². The maximum atomic E-state index is 0. The molecule has 0 aliphatic carbocycles. The molecule has 0 saturated heterocycles. The summed E-state index contributed by atoms with van der Waals surface area (Å²) < 4.78 is 0. The van der Waals surface area contributed by atoms with Crippen LogP contribution < -0.4 is 62.0 Å². The second-order valence-corrected chi connectivity index (χ2v) is 0. The molecule has 7 heteroatoms. The second kappa shape index (κ2) is 76.0. The minimum Gasteiger partial charge on any atom is -1.00 e. The van der Waals surface area contributed by atoms with E-state index in [0.29, 0.717) is 0 Å². The minimum atomic E-state index is 0. The second-order valence-electron chi connectivity index (χ2n) is 0. The monoisotopic (exact) mass is 279 g/mol. The van der Waals surface area contributed by atoms with Crippen LogP contribution in [0.1, 0.15) is 0 Å². The summed E-state index contributed by atoms with van der Waals surface area (Å²) in [6.07, 6.45) is 0. The molecule has 0 fully saturated rings. The van der Waals surface area contributed by atoms with Crippen molar-refractivity contribution in [2.45, 2.75) is 0 Å². The van der Waals surface area contributed by atoms with Crippen molar-refractivity contribution >= 4 is 0 Å². The van der Waals surface area contributed by atoms with Crippen LogP contribution in [0.15, 0.2) is 0 Å². The van der Waals surface area contributed by atoms with E-state index in [1.54, 1.807) is 0 Å². The van der Waals surface area contributed by atoms with E-state index < -0.39 is 0 Å². The van der Waals surface area contributed by atoms with Gasteiger partial charge in [-0.1, -0.05) is 0 Å². The largest absolute Gasteiger partial charge is 3.00 e. The Kier molecular flexibility index (Phi) is 1180. The summed E-state index contributed by atoms with van der Waals surface area (Å²) in [5.41, 5.74) is 0. The molecule has 0 atom stereocenters. The number of hydrogen-bond acceptors (Lipinski definition) is 0. The van der Waals surface area contributed by atoms with E-state index in [4.69, 9.17) is 0 Å². The van der Waals surface area contributed by atoms with Gasteiger partial charge in [-0.25, -0.2) is 0 Å². The Morgan fingerprint density at radius 3 is 0.429 bits per heavy atom. The van der Waals surface area contributed by atoms with Crippen molar-refractivity contribution in [3.8, 4) is 0 Å². The first kappa shape index (κ1) is 109. The van der Waals surface area contributed by atoms with Gasteiger partial charge < -0.3 is 62.0 Å². The predicted molar refractivity (Wildman–Crippen MR) is 0 cm³/mol. The third kappa shape index (κ3) is 57.1. The van der Waals surface area contributed by atoms with Gasteiger partial charge in [0.1, 0.15) is 0 Å². The third-order valence-electron chi connectivity index (χ3n) is 0. The molecule has 0 spiro atoms. The van der Waals surface area contributed by atoms with E-state index >= 15 is 0 Å². The molecule has 0 amide bonds. The first-order valence-corrected chi connectivity index (χ1v) is 0. The van der Waals surface area contributed by atoms with Crippen molar-refractivity contribution in [1.82, 2.24) is 0 Å². The molecule has 0 N–H and O–H groups in total. The molecule has 7 heavy (non-hydrogen) atoms. The summed E-state index contributed by atoms with van der Waals surface area (Å²) >= 11 is 0. The summed E-state index contributed by atoms with van der Waals surface area (Å²) in [6.45, 7) is 0. The van der Waals surface area contributed by atoms with Gasteiger partial charge in [-0.3, -0.25) is 0 Å².